The minimum Gasteiger partial charge on any atom is -0.229 e. The number of sulfone groups is 1. The summed E-state index contributed by atoms with van der Waals surface area (Å²) in [7, 11) is -6.44. The summed E-state index contributed by atoms with van der Waals surface area (Å²) in [4.78, 5) is 0. The van der Waals surface area contributed by atoms with Crippen LogP contribution in [0.4, 0.5) is 0 Å². The molecule has 108 valence electrons. The molecule has 18 heavy (non-hydrogen) atoms. The van der Waals surface area contributed by atoms with Crippen molar-refractivity contribution in [1.82, 2.24) is 4.72 Å². The second-order valence-electron chi connectivity index (χ2n) is 5.52. The van der Waals surface area contributed by atoms with Gasteiger partial charge >= 0.3 is 0 Å². The lowest BCUT2D eigenvalue weighted by Gasteiger charge is -2.26. The van der Waals surface area contributed by atoms with E-state index in [0.717, 1.165) is 0 Å². The van der Waals surface area contributed by atoms with Gasteiger partial charge in [0.15, 0.2) is 0 Å². The number of hydrogen-bond acceptors (Lipinski definition) is 4. The first-order valence-corrected chi connectivity index (χ1v) is 10.3. The van der Waals surface area contributed by atoms with Crippen LogP contribution < -0.4 is 4.72 Å². The van der Waals surface area contributed by atoms with Crippen LogP contribution >= 0.6 is 15.9 Å². The van der Waals surface area contributed by atoms with Crippen LogP contribution in [0, 0.1) is 5.41 Å². The van der Waals surface area contributed by atoms with Crippen LogP contribution in [0.15, 0.2) is 0 Å². The molecule has 0 aromatic heterocycles. The van der Waals surface area contributed by atoms with E-state index >= 15 is 0 Å². The zero-order valence-electron chi connectivity index (χ0n) is 10.6. The van der Waals surface area contributed by atoms with Crippen molar-refractivity contribution in [2.75, 3.05) is 23.4 Å². The Hall–Kier alpha value is 0.340. The zero-order valence-corrected chi connectivity index (χ0v) is 13.9. The van der Waals surface area contributed by atoms with Crippen molar-refractivity contribution in [3.63, 3.8) is 0 Å². The van der Waals surface area contributed by atoms with Gasteiger partial charge in [0.25, 0.3) is 0 Å². The summed E-state index contributed by atoms with van der Waals surface area (Å²) in [5.74, 6) is -0.0547. The molecule has 0 spiro atoms. The Labute approximate surface area is 118 Å². The molecule has 5 nitrogen and oxygen atoms in total. The molecule has 1 aliphatic rings. The fourth-order valence-electron chi connectivity index (χ4n) is 1.64. The highest BCUT2D eigenvalue weighted by molar-refractivity contribution is 9.09. The van der Waals surface area contributed by atoms with E-state index in [1.54, 1.807) is 0 Å². The van der Waals surface area contributed by atoms with Crippen LogP contribution in [0.5, 0.6) is 0 Å². The fraction of sp³-hybridized carbons (Fsp3) is 1.00. The van der Waals surface area contributed by atoms with Gasteiger partial charge in [-0.2, -0.15) is 0 Å². The first kappa shape index (κ1) is 16.4. The van der Waals surface area contributed by atoms with E-state index in [2.05, 4.69) is 20.7 Å². The predicted octanol–water partition coefficient (Wildman–Crippen LogP) is 0.904. The molecule has 0 radical (unpaired) electrons. The summed E-state index contributed by atoms with van der Waals surface area (Å²) < 4.78 is 49.2. The Morgan fingerprint density at radius 3 is 2.22 bits per heavy atom. The van der Waals surface area contributed by atoms with Crippen molar-refractivity contribution >= 4 is 35.8 Å². The number of rotatable bonds is 5. The molecule has 1 rings (SSSR count). The standard InChI is InChI=1S/C10H20BrNO4S2/c1-10(2,7-11)8-12-18(15,16)9-3-5-17(13,14)6-4-9/h9,12H,3-8H2,1-2H3. The molecule has 1 N–H and O–H groups in total. The van der Waals surface area contributed by atoms with E-state index in [4.69, 9.17) is 0 Å². The van der Waals surface area contributed by atoms with Gasteiger partial charge in [0.05, 0.1) is 16.8 Å². The van der Waals surface area contributed by atoms with Gasteiger partial charge in [0.2, 0.25) is 10.0 Å². The third-order valence-electron chi connectivity index (χ3n) is 3.05. The maximum absolute atomic E-state index is 12.0. The van der Waals surface area contributed by atoms with Crippen molar-refractivity contribution in [2.45, 2.75) is 31.9 Å². The Morgan fingerprint density at radius 2 is 1.78 bits per heavy atom. The van der Waals surface area contributed by atoms with Crippen LogP contribution in [0.25, 0.3) is 0 Å². The monoisotopic (exact) mass is 361 g/mol. The lowest BCUT2D eigenvalue weighted by molar-refractivity contribution is 0.417. The summed E-state index contributed by atoms with van der Waals surface area (Å²) in [6.07, 6.45) is 0.402. The van der Waals surface area contributed by atoms with Crippen LogP contribution in [0.1, 0.15) is 26.7 Å². The zero-order chi connectivity index (χ0) is 14.0. The smallest absolute Gasteiger partial charge is 0.214 e. The molecule has 0 saturated carbocycles. The average Bonchev–Trinajstić information content (AvgIpc) is 2.26. The van der Waals surface area contributed by atoms with Crippen LogP contribution in [0.2, 0.25) is 0 Å². The van der Waals surface area contributed by atoms with Gasteiger partial charge in [-0.05, 0) is 18.3 Å². The number of halogens is 1. The quantitative estimate of drug-likeness (QED) is 0.737. The summed E-state index contributed by atoms with van der Waals surface area (Å²) in [5.41, 5.74) is -0.159. The average molecular weight is 362 g/mol. The maximum atomic E-state index is 12.0. The topological polar surface area (TPSA) is 80.3 Å². The Kier molecular flexibility index (Phi) is 5.25. The molecule has 0 aliphatic carbocycles. The molecule has 1 fully saturated rings. The number of alkyl halides is 1. The molecule has 1 heterocycles. The molecule has 0 bridgehead atoms. The number of hydrogen-bond donors (Lipinski definition) is 1. The van der Waals surface area contributed by atoms with Crippen molar-refractivity contribution in [2.24, 2.45) is 5.41 Å². The van der Waals surface area contributed by atoms with E-state index in [1.165, 1.54) is 0 Å². The van der Waals surface area contributed by atoms with Gasteiger partial charge in [-0.25, -0.2) is 21.6 Å². The van der Waals surface area contributed by atoms with E-state index in [-0.39, 0.29) is 29.8 Å². The molecule has 0 aromatic carbocycles. The predicted molar refractivity (Wildman–Crippen MR) is 76.2 cm³/mol. The van der Waals surface area contributed by atoms with Crippen molar-refractivity contribution < 1.29 is 16.8 Å². The third kappa shape index (κ3) is 4.79. The lowest BCUT2D eigenvalue weighted by atomic mass is 9.98. The highest BCUT2D eigenvalue weighted by Gasteiger charge is 2.33. The molecule has 0 aromatic rings. The van der Waals surface area contributed by atoms with E-state index in [1.807, 2.05) is 13.8 Å². The number of sulfonamides is 1. The largest absolute Gasteiger partial charge is 0.229 e. The minimum atomic E-state index is -3.41. The van der Waals surface area contributed by atoms with Gasteiger partial charge in [-0.3, -0.25) is 0 Å². The van der Waals surface area contributed by atoms with Gasteiger partial charge in [0, 0.05) is 11.9 Å². The van der Waals surface area contributed by atoms with Crippen LogP contribution in [0.3, 0.4) is 0 Å². The summed E-state index contributed by atoms with van der Waals surface area (Å²) in [6, 6.07) is 0. The molecular formula is C10H20BrNO4S2. The lowest BCUT2D eigenvalue weighted by Crippen LogP contribution is -2.43. The summed E-state index contributed by atoms with van der Waals surface area (Å²) in [6.45, 7) is 4.26. The van der Waals surface area contributed by atoms with Gasteiger partial charge in [-0.1, -0.05) is 29.8 Å². The Morgan fingerprint density at radius 1 is 1.28 bits per heavy atom. The second kappa shape index (κ2) is 5.76. The molecular weight excluding hydrogens is 342 g/mol. The van der Waals surface area contributed by atoms with E-state index in [0.29, 0.717) is 11.9 Å². The fourth-order valence-corrected chi connectivity index (χ4v) is 5.31. The summed E-state index contributed by atoms with van der Waals surface area (Å²) >= 11 is 3.34. The molecule has 0 amide bonds. The van der Waals surface area contributed by atoms with Crippen molar-refractivity contribution in [3.05, 3.63) is 0 Å². The normalized spacial score (nSPS) is 21.9. The minimum absolute atomic E-state index is 0.0274. The molecule has 1 aliphatic heterocycles. The molecule has 1 saturated heterocycles. The summed E-state index contributed by atoms with van der Waals surface area (Å²) in [5, 5.41) is 0.119. The second-order valence-corrected chi connectivity index (χ2v) is 10.4. The Balaban J connectivity index is 2.61. The van der Waals surface area contributed by atoms with Gasteiger partial charge in [0.1, 0.15) is 9.84 Å². The third-order valence-corrected chi connectivity index (χ3v) is 8.18. The van der Waals surface area contributed by atoms with Crippen molar-refractivity contribution in [1.29, 1.82) is 0 Å². The highest BCUT2D eigenvalue weighted by atomic mass is 79.9. The van der Waals surface area contributed by atoms with Gasteiger partial charge < -0.3 is 0 Å². The van der Waals surface area contributed by atoms with Gasteiger partial charge in [-0.15, -0.1) is 0 Å². The first-order chi connectivity index (χ1) is 8.08. The first-order valence-electron chi connectivity index (χ1n) is 5.83. The maximum Gasteiger partial charge on any atom is 0.214 e. The Bertz CT molecular complexity index is 470. The van der Waals surface area contributed by atoms with E-state index in [9.17, 15) is 16.8 Å². The SMILES string of the molecule is CC(C)(CBr)CNS(=O)(=O)C1CCS(=O)(=O)CC1. The van der Waals surface area contributed by atoms with Crippen LogP contribution in [-0.4, -0.2) is 45.5 Å². The van der Waals surface area contributed by atoms with Crippen LogP contribution in [-0.2, 0) is 19.9 Å². The van der Waals surface area contributed by atoms with E-state index < -0.39 is 25.1 Å². The molecule has 0 unspecified atom stereocenters. The molecule has 8 heteroatoms. The molecule has 0 atom stereocenters. The number of nitrogens with one attached hydrogen (secondary N) is 1. The highest BCUT2D eigenvalue weighted by Crippen LogP contribution is 2.21. The van der Waals surface area contributed by atoms with Crippen molar-refractivity contribution in [3.8, 4) is 0 Å².